The first-order chi connectivity index (χ1) is 6.68. The van der Waals surface area contributed by atoms with Crippen LogP contribution in [0.15, 0.2) is 0 Å². The van der Waals surface area contributed by atoms with Crippen LogP contribution in [0.4, 0.5) is 0 Å². The third kappa shape index (κ3) is 1.59. The van der Waals surface area contributed by atoms with E-state index >= 15 is 0 Å². The lowest BCUT2D eigenvalue weighted by Crippen LogP contribution is -2.58. The lowest BCUT2D eigenvalue weighted by molar-refractivity contribution is -0.137. The summed E-state index contributed by atoms with van der Waals surface area (Å²) in [6.45, 7) is 2.24. The maximum absolute atomic E-state index is 11.8. The Bertz CT molecular complexity index is 263. The molecule has 2 heterocycles. The van der Waals surface area contributed by atoms with E-state index in [1.54, 1.807) is 4.90 Å². The Balaban J connectivity index is 1.90. The molecule has 2 rings (SSSR count). The average molecular weight is 197 g/mol. The van der Waals surface area contributed by atoms with Gasteiger partial charge in [0, 0.05) is 33.1 Å². The van der Waals surface area contributed by atoms with Crippen LogP contribution in [0, 0.1) is 5.92 Å². The Hall–Kier alpha value is -1.10. The highest BCUT2D eigenvalue weighted by molar-refractivity contribution is 5.89. The first-order valence-corrected chi connectivity index (χ1v) is 4.92. The van der Waals surface area contributed by atoms with Crippen molar-refractivity contribution >= 4 is 11.8 Å². The van der Waals surface area contributed by atoms with Gasteiger partial charge in [0.2, 0.25) is 11.8 Å². The Morgan fingerprint density at radius 2 is 2.14 bits per heavy atom. The first kappa shape index (κ1) is 9.45. The number of hydrogen-bond donors (Lipinski definition) is 2. The van der Waals surface area contributed by atoms with Crippen molar-refractivity contribution in [3.05, 3.63) is 0 Å². The largest absolute Gasteiger partial charge is 0.355 e. The van der Waals surface area contributed by atoms with E-state index in [-0.39, 0.29) is 17.7 Å². The van der Waals surface area contributed by atoms with E-state index in [9.17, 15) is 9.59 Å². The van der Waals surface area contributed by atoms with Crippen LogP contribution in [0.5, 0.6) is 0 Å². The van der Waals surface area contributed by atoms with Crippen molar-refractivity contribution in [1.82, 2.24) is 15.5 Å². The molecule has 5 heteroatoms. The highest BCUT2D eigenvalue weighted by Crippen LogP contribution is 2.14. The summed E-state index contributed by atoms with van der Waals surface area (Å²) in [5.74, 6) is -0.0635. The predicted molar refractivity (Wildman–Crippen MR) is 50.5 cm³/mol. The predicted octanol–water partition coefficient (Wildman–Crippen LogP) is -1.45. The van der Waals surface area contributed by atoms with Gasteiger partial charge < -0.3 is 15.5 Å². The summed E-state index contributed by atoms with van der Waals surface area (Å²) in [5.41, 5.74) is 0. The molecule has 0 spiro atoms. The first-order valence-electron chi connectivity index (χ1n) is 4.92. The molecule has 2 saturated heterocycles. The van der Waals surface area contributed by atoms with Gasteiger partial charge in [-0.15, -0.1) is 0 Å². The van der Waals surface area contributed by atoms with Crippen LogP contribution in [-0.2, 0) is 9.59 Å². The summed E-state index contributed by atoms with van der Waals surface area (Å²) in [4.78, 5) is 24.5. The molecule has 0 aromatic heterocycles. The minimum Gasteiger partial charge on any atom is -0.355 e. The Kier molecular flexibility index (Phi) is 2.41. The van der Waals surface area contributed by atoms with E-state index < -0.39 is 0 Å². The standard InChI is InChI=1S/C9H15N3O2/c1-12(7-4-10-5-7)9(14)6-2-8(13)11-3-6/h6-7,10H,2-5H2,1H3,(H,11,13). The number of nitrogens with one attached hydrogen (secondary N) is 2. The molecule has 1 unspecified atom stereocenters. The summed E-state index contributed by atoms with van der Waals surface area (Å²) in [6.07, 6.45) is 0.351. The maximum Gasteiger partial charge on any atom is 0.228 e. The second-order valence-electron chi connectivity index (χ2n) is 3.97. The summed E-state index contributed by atoms with van der Waals surface area (Å²) >= 11 is 0. The van der Waals surface area contributed by atoms with Crippen molar-refractivity contribution in [2.45, 2.75) is 12.5 Å². The molecule has 1 atom stereocenters. The van der Waals surface area contributed by atoms with Gasteiger partial charge in [-0.2, -0.15) is 0 Å². The minimum atomic E-state index is -0.145. The minimum absolute atomic E-state index is 0.0107. The van der Waals surface area contributed by atoms with Crippen LogP contribution in [0.3, 0.4) is 0 Å². The SMILES string of the molecule is CN(C(=O)C1CNC(=O)C1)C1CNC1. The normalized spacial score (nSPS) is 26.9. The molecule has 2 aliphatic heterocycles. The van der Waals surface area contributed by atoms with E-state index in [0.717, 1.165) is 13.1 Å². The number of carbonyl (C=O) groups is 2. The van der Waals surface area contributed by atoms with Crippen molar-refractivity contribution in [3.8, 4) is 0 Å². The Morgan fingerprint density at radius 3 is 2.57 bits per heavy atom. The van der Waals surface area contributed by atoms with Gasteiger partial charge in [0.1, 0.15) is 0 Å². The lowest BCUT2D eigenvalue weighted by Gasteiger charge is -2.36. The second kappa shape index (κ2) is 3.57. The molecule has 2 amide bonds. The summed E-state index contributed by atoms with van der Waals surface area (Å²) in [5, 5.41) is 5.80. The van der Waals surface area contributed by atoms with Crippen LogP contribution in [0.25, 0.3) is 0 Å². The monoisotopic (exact) mass is 197 g/mol. The molecule has 0 aromatic rings. The lowest BCUT2D eigenvalue weighted by atomic mass is 10.0. The molecule has 14 heavy (non-hydrogen) atoms. The molecule has 0 aromatic carbocycles. The van der Waals surface area contributed by atoms with Gasteiger partial charge in [-0.3, -0.25) is 9.59 Å². The van der Waals surface area contributed by atoms with Crippen molar-refractivity contribution in [2.75, 3.05) is 26.7 Å². The van der Waals surface area contributed by atoms with Gasteiger partial charge in [-0.05, 0) is 0 Å². The van der Waals surface area contributed by atoms with E-state index in [1.165, 1.54) is 0 Å². The summed E-state index contributed by atoms with van der Waals surface area (Å²) in [6, 6.07) is 0.318. The number of carbonyl (C=O) groups excluding carboxylic acids is 2. The smallest absolute Gasteiger partial charge is 0.228 e. The summed E-state index contributed by atoms with van der Waals surface area (Å²) < 4.78 is 0. The highest BCUT2D eigenvalue weighted by atomic mass is 16.2. The zero-order chi connectivity index (χ0) is 10.1. The molecule has 2 fully saturated rings. The fourth-order valence-corrected chi connectivity index (χ4v) is 1.80. The van der Waals surface area contributed by atoms with E-state index in [4.69, 9.17) is 0 Å². The van der Waals surface area contributed by atoms with Crippen molar-refractivity contribution in [2.24, 2.45) is 5.92 Å². The average Bonchev–Trinajstić information content (AvgIpc) is 2.47. The third-order valence-corrected chi connectivity index (χ3v) is 2.98. The van der Waals surface area contributed by atoms with Crippen LogP contribution in [-0.4, -0.2) is 49.4 Å². The van der Waals surface area contributed by atoms with Crippen LogP contribution < -0.4 is 10.6 Å². The number of nitrogens with zero attached hydrogens (tertiary/aromatic N) is 1. The molecule has 78 valence electrons. The molecule has 2 aliphatic rings. The number of likely N-dealkylation sites (N-methyl/N-ethyl adjacent to an activating group) is 1. The molecule has 0 radical (unpaired) electrons. The molecule has 2 N–H and O–H groups in total. The van der Waals surface area contributed by atoms with Crippen LogP contribution in [0.2, 0.25) is 0 Å². The molecular formula is C9H15N3O2. The van der Waals surface area contributed by atoms with Crippen molar-refractivity contribution in [3.63, 3.8) is 0 Å². The molecule has 5 nitrogen and oxygen atoms in total. The number of amides is 2. The Morgan fingerprint density at radius 1 is 1.43 bits per heavy atom. The van der Waals surface area contributed by atoms with E-state index in [2.05, 4.69) is 10.6 Å². The van der Waals surface area contributed by atoms with Gasteiger partial charge in [-0.1, -0.05) is 0 Å². The second-order valence-corrected chi connectivity index (χ2v) is 3.97. The zero-order valence-electron chi connectivity index (χ0n) is 8.25. The van der Waals surface area contributed by atoms with Gasteiger partial charge in [0.25, 0.3) is 0 Å². The number of rotatable bonds is 2. The molecule has 0 saturated carbocycles. The molecular weight excluding hydrogens is 182 g/mol. The van der Waals surface area contributed by atoms with Gasteiger partial charge in [0.05, 0.1) is 12.0 Å². The fraction of sp³-hybridized carbons (Fsp3) is 0.778. The zero-order valence-corrected chi connectivity index (χ0v) is 8.25. The number of hydrogen-bond acceptors (Lipinski definition) is 3. The molecule has 0 aliphatic carbocycles. The van der Waals surface area contributed by atoms with Crippen LogP contribution in [0.1, 0.15) is 6.42 Å². The van der Waals surface area contributed by atoms with Gasteiger partial charge >= 0.3 is 0 Å². The quantitative estimate of drug-likeness (QED) is 0.569. The highest BCUT2D eigenvalue weighted by Gasteiger charge is 2.34. The van der Waals surface area contributed by atoms with Crippen molar-refractivity contribution in [1.29, 1.82) is 0 Å². The maximum atomic E-state index is 11.8. The summed E-state index contributed by atoms with van der Waals surface area (Å²) in [7, 11) is 1.82. The fourth-order valence-electron chi connectivity index (χ4n) is 1.80. The Labute approximate surface area is 82.8 Å². The topological polar surface area (TPSA) is 61.4 Å². The van der Waals surface area contributed by atoms with Gasteiger partial charge in [0.15, 0.2) is 0 Å². The molecule has 0 bridgehead atoms. The van der Waals surface area contributed by atoms with Gasteiger partial charge in [-0.25, -0.2) is 0 Å². The van der Waals surface area contributed by atoms with E-state index in [0.29, 0.717) is 19.0 Å². The van der Waals surface area contributed by atoms with Crippen LogP contribution >= 0.6 is 0 Å². The van der Waals surface area contributed by atoms with E-state index in [1.807, 2.05) is 7.05 Å². The third-order valence-electron chi connectivity index (χ3n) is 2.98. The van der Waals surface area contributed by atoms with Crippen molar-refractivity contribution < 1.29 is 9.59 Å².